The van der Waals surface area contributed by atoms with Gasteiger partial charge in [0, 0.05) is 37.9 Å². The van der Waals surface area contributed by atoms with Gasteiger partial charge in [-0.3, -0.25) is 4.98 Å². The maximum absolute atomic E-state index is 4.38. The van der Waals surface area contributed by atoms with Crippen LogP contribution in [0.1, 0.15) is 43.7 Å². The number of pyridine rings is 1. The molecule has 0 spiro atoms. The minimum atomic E-state index is 0.225. The molecule has 0 fully saturated rings. The zero-order valence-corrected chi connectivity index (χ0v) is 11.2. The van der Waals surface area contributed by atoms with Gasteiger partial charge in [-0.2, -0.15) is 0 Å². The molecule has 0 aliphatic carbocycles. The molecule has 0 radical (unpaired) electrons. The Balaban J connectivity index is 2.10. The average molecular weight is 244 g/mol. The summed E-state index contributed by atoms with van der Waals surface area (Å²) in [6.45, 7) is 4.33. The fraction of sp³-hybridized carbons (Fsp3) is 0.429. The van der Waals surface area contributed by atoms with Gasteiger partial charge in [0.15, 0.2) is 0 Å². The van der Waals surface area contributed by atoms with Crippen LogP contribution in [-0.2, 0) is 7.05 Å². The van der Waals surface area contributed by atoms with Gasteiger partial charge in [0.1, 0.15) is 5.82 Å². The van der Waals surface area contributed by atoms with Gasteiger partial charge in [0.2, 0.25) is 0 Å². The first-order chi connectivity index (χ1) is 8.72. The second kappa shape index (κ2) is 5.78. The highest BCUT2D eigenvalue weighted by atomic mass is 15.1. The molecule has 2 heterocycles. The zero-order valence-electron chi connectivity index (χ0n) is 11.2. The van der Waals surface area contributed by atoms with Gasteiger partial charge in [-0.15, -0.1) is 0 Å². The number of nitrogens with zero attached hydrogens (tertiary/aromatic N) is 3. The van der Waals surface area contributed by atoms with E-state index in [9.17, 15) is 0 Å². The Morgan fingerprint density at radius 2 is 2.00 bits per heavy atom. The van der Waals surface area contributed by atoms with Crippen molar-refractivity contribution in [2.24, 2.45) is 7.05 Å². The Kier molecular flexibility index (Phi) is 4.10. The van der Waals surface area contributed by atoms with Crippen molar-refractivity contribution in [3.63, 3.8) is 0 Å². The molecule has 4 heteroatoms. The summed E-state index contributed by atoms with van der Waals surface area (Å²) in [4.78, 5) is 8.45. The van der Waals surface area contributed by atoms with Gasteiger partial charge in [-0.05, 0) is 31.0 Å². The lowest BCUT2D eigenvalue weighted by atomic mass is 10.1. The Bertz CT molecular complexity index is 478. The Morgan fingerprint density at radius 3 is 2.56 bits per heavy atom. The van der Waals surface area contributed by atoms with Crippen LogP contribution in [0.5, 0.6) is 0 Å². The highest BCUT2D eigenvalue weighted by molar-refractivity contribution is 5.15. The van der Waals surface area contributed by atoms with Gasteiger partial charge >= 0.3 is 0 Å². The maximum Gasteiger partial charge on any atom is 0.125 e. The third-order valence-corrected chi connectivity index (χ3v) is 3.21. The zero-order chi connectivity index (χ0) is 13.0. The van der Waals surface area contributed by atoms with Gasteiger partial charge in [-0.25, -0.2) is 4.98 Å². The number of nitrogens with one attached hydrogen (secondary N) is 1. The molecule has 2 unspecified atom stereocenters. The van der Waals surface area contributed by atoms with E-state index < -0.39 is 0 Å². The highest BCUT2D eigenvalue weighted by Gasteiger charge is 2.16. The van der Waals surface area contributed by atoms with E-state index in [1.807, 2.05) is 31.8 Å². The smallest absolute Gasteiger partial charge is 0.125 e. The number of imidazole rings is 1. The van der Waals surface area contributed by atoms with Crippen LogP contribution < -0.4 is 5.32 Å². The van der Waals surface area contributed by atoms with Crippen molar-refractivity contribution in [2.45, 2.75) is 32.4 Å². The molecule has 0 aliphatic heterocycles. The molecule has 0 bridgehead atoms. The Hall–Kier alpha value is -1.68. The van der Waals surface area contributed by atoms with E-state index in [-0.39, 0.29) is 6.04 Å². The van der Waals surface area contributed by atoms with Crippen molar-refractivity contribution in [2.75, 3.05) is 0 Å². The lowest BCUT2D eigenvalue weighted by Crippen LogP contribution is -2.26. The van der Waals surface area contributed by atoms with E-state index in [2.05, 4.69) is 45.8 Å². The first-order valence-corrected chi connectivity index (χ1v) is 6.35. The summed E-state index contributed by atoms with van der Waals surface area (Å²) in [5.41, 5.74) is 1.27. The van der Waals surface area contributed by atoms with Crippen LogP contribution >= 0.6 is 0 Å². The van der Waals surface area contributed by atoms with Crippen molar-refractivity contribution in [1.82, 2.24) is 19.9 Å². The maximum atomic E-state index is 4.38. The second-order valence-corrected chi connectivity index (χ2v) is 4.53. The molecule has 2 aromatic heterocycles. The van der Waals surface area contributed by atoms with Crippen LogP contribution in [0.3, 0.4) is 0 Å². The van der Waals surface area contributed by atoms with Gasteiger partial charge < -0.3 is 9.88 Å². The normalized spacial score (nSPS) is 14.4. The molecular weight excluding hydrogens is 224 g/mol. The largest absolute Gasteiger partial charge is 0.337 e. The van der Waals surface area contributed by atoms with E-state index >= 15 is 0 Å². The van der Waals surface area contributed by atoms with Crippen LogP contribution in [-0.4, -0.2) is 14.5 Å². The summed E-state index contributed by atoms with van der Waals surface area (Å²) in [7, 11) is 2.02. The van der Waals surface area contributed by atoms with Crippen molar-refractivity contribution in [3.8, 4) is 0 Å². The van der Waals surface area contributed by atoms with Crippen LogP contribution in [0.15, 0.2) is 36.9 Å². The molecule has 18 heavy (non-hydrogen) atoms. The number of aryl methyl sites for hydroxylation is 1. The average Bonchev–Trinajstić information content (AvgIpc) is 2.83. The molecule has 1 N–H and O–H groups in total. The van der Waals surface area contributed by atoms with E-state index in [1.54, 1.807) is 0 Å². The van der Waals surface area contributed by atoms with Gasteiger partial charge in [0.25, 0.3) is 0 Å². The van der Waals surface area contributed by atoms with Crippen LogP contribution in [0.25, 0.3) is 0 Å². The summed E-state index contributed by atoms with van der Waals surface area (Å²) in [5.74, 6) is 1.06. The summed E-state index contributed by atoms with van der Waals surface area (Å²) in [6, 6.07) is 4.68. The topological polar surface area (TPSA) is 42.7 Å². The van der Waals surface area contributed by atoms with E-state index in [1.165, 1.54) is 5.56 Å². The molecule has 0 amide bonds. The van der Waals surface area contributed by atoms with Crippen molar-refractivity contribution in [3.05, 3.63) is 48.3 Å². The predicted molar refractivity (Wildman–Crippen MR) is 72.0 cm³/mol. The summed E-state index contributed by atoms with van der Waals surface area (Å²) < 4.78 is 2.05. The molecule has 4 nitrogen and oxygen atoms in total. The summed E-state index contributed by atoms with van der Waals surface area (Å²) >= 11 is 0. The lowest BCUT2D eigenvalue weighted by molar-refractivity contribution is 0.435. The summed E-state index contributed by atoms with van der Waals surface area (Å²) in [5, 5.41) is 3.62. The highest BCUT2D eigenvalue weighted by Crippen LogP contribution is 2.20. The molecule has 0 aliphatic rings. The molecule has 2 aromatic rings. The van der Waals surface area contributed by atoms with Gasteiger partial charge in [0.05, 0.1) is 6.04 Å². The molecule has 96 valence electrons. The monoisotopic (exact) mass is 244 g/mol. The first kappa shape index (κ1) is 12.8. The minimum absolute atomic E-state index is 0.225. The third-order valence-electron chi connectivity index (χ3n) is 3.21. The molecular formula is C14H20N4. The quantitative estimate of drug-likeness (QED) is 0.879. The van der Waals surface area contributed by atoms with Crippen molar-refractivity contribution >= 4 is 0 Å². The van der Waals surface area contributed by atoms with Crippen LogP contribution in [0.2, 0.25) is 0 Å². The third kappa shape index (κ3) is 2.76. The predicted octanol–water partition coefficient (Wildman–Crippen LogP) is 2.62. The number of hydrogen-bond donors (Lipinski definition) is 1. The van der Waals surface area contributed by atoms with Crippen LogP contribution in [0.4, 0.5) is 0 Å². The summed E-state index contributed by atoms with van der Waals surface area (Å²) in [6.07, 6.45) is 8.52. The fourth-order valence-electron chi connectivity index (χ4n) is 2.22. The first-order valence-electron chi connectivity index (χ1n) is 6.35. The standard InChI is InChI=1S/C14H20N4/c1-4-13(12-5-7-15-8-6-12)17-11(2)14-16-9-10-18(14)3/h5-11,13,17H,4H2,1-3H3. The van der Waals surface area contributed by atoms with Crippen molar-refractivity contribution in [1.29, 1.82) is 0 Å². The van der Waals surface area contributed by atoms with E-state index in [0.29, 0.717) is 6.04 Å². The number of hydrogen-bond acceptors (Lipinski definition) is 3. The molecule has 2 atom stereocenters. The van der Waals surface area contributed by atoms with E-state index in [4.69, 9.17) is 0 Å². The molecule has 0 saturated heterocycles. The lowest BCUT2D eigenvalue weighted by Gasteiger charge is -2.22. The van der Waals surface area contributed by atoms with Crippen LogP contribution in [0, 0.1) is 0 Å². The SMILES string of the molecule is CCC(NC(C)c1nccn1C)c1ccncc1. The second-order valence-electron chi connectivity index (χ2n) is 4.53. The van der Waals surface area contributed by atoms with E-state index in [0.717, 1.165) is 12.2 Å². The molecule has 0 aromatic carbocycles. The molecule has 0 saturated carbocycles. The number of aromatic nitrogens is 3. The minimum Gasteiger partial charge on any atom is -0.337 e. The fourth-order valence-corrected chi connectivity index (χ4v) is 2.22. The van der Waals surface area contributed by atoms with Gasteiger partial charge in [-0.1, -0.05) is 6.92 Å². The van der Waals surface area contributed by atoms with Crippen molar-refractivity contribution < 1.29 is 0 Å². The molecule has 2 rings (SSSR count). The Morgan fingerprint density at radius 1 is 1.28 bits per heavy atom. The number of rotatable bonds is 5. The Labute approximate surface area is 108 Å².